The summed E-state index contributed by atoms with van der Waals surface area (Å²) in [6.45, 7) is 0. The summed E-state index contributed by atoms with van der Waals surface area (Å²) in [4.78, 5) is 8.15. The first-order chi connectivity index (χ1) is 9.31. The van der Waals surface area contributed by atoms with Gasteiger partial charge in [-0.2, -0.15) is 0 Å². The molecule has 3 heteroatoms. The topological polar surface area (TPSA) is 16.1 Å². The Labute approximate surface area is 122 Å². The van der Waals surface area contributed by atoms with Crippen molar-refractivity contribution in [3.05, 3.63) is 36.4 Å². The zero-order valence-corrected chi connectivity index (χ0v) is 12.4. The van der Waals surface area contributed by atoms with E-state index < -0.39 is 0 Å². The summed E-state index contributed by atoms with van der Waals surface area (Å²) >= 11 is 3.80. The van der Waals surface area contributed by atoms with Crippen LogP contribution in [0.1, 0.15) is 25.7 Å². The fourth-order valence-corrected chi connectivity index (χ4v) is 4.55. The molecule has 2 nitrogen and oxygen atoms in total. The number of halogens is 1. The average molecular weight is 317 g/mol. The van der Waals surface area contributed by atoms with E-state index in [0.717, 1.165) is 5.52 Å². The summed E-state index contributed by atoms with van der Waals surface area (Å²) in [6, 6.07) is 14.1. The molecule has 1 aromatic heterocycles. The van der Waals surface area contributed by atoms with E-state index in [-0.39, 0.29) is 0 Å². The van der Waals surface area contributed by atoms with Crippen LogP contribution in [0.3, 0.4) is 0 Å². The second-order valence-corrected chi connectivity index (χ2v) is 7.02. The van der Waals surface area contributed by atoms with E-state index in [2.05, 4.69) is 57.2 Å². The molecule has 2 aliphatic heterocycles. The summed E-state index contributed by atoms with van der Waals surface area (Å²) in [6.07, 6.45) is 5.15. The molecule has 2 saturated heterocycles. The molecule has 2 unspecified atom stereocenters. The van der Waals surface area contributed by atoms with E-state index in [1.54, 1.807) is 0 Å². The van der Waals surface area contributed by atoms with Crippen molar-refractivity contribution in [1.82, 2.24) is 4.98 Å². The number of benzene rings is 1. The summed E-state index contributed by atoms with van der Waals surface area (Å²) in [7, 11) is 0. The number of aromatic nitrogens is 1. The van der Waals surface area contributed by atoms with Gasteiger partial charge in [-0.1, -0.05) is 34.1 Å². The number of para-hydroxylation sites is 1. The summed E-state index contributed by atoms with van der Waals surface area (Å²) in [5.74, 6) is 1.17. The molecule has 0 radical (unpaired) electrons. The maximum absolute atomic E-state index is 4.88. The van der Waals surface area contributed by atoms with Gasteiger partial charge in [0.2, 0.25) is 0 Å². The van der Waals surface area contributed by atoms with Crippen LogP contribution in [0.2, 0.25) is 0 Å². The molecule has 0 aliphatic carbocycles. The highest BCUT2D eigenvalue weighted by Gasteiger charge is 2.40. The molecule has 0 amide bonds. The minimum Gasteiger partial charge on any atom is -0.351 e. The van der Waals surface area contributed by atoms with Crippen LogP contribution in [-0.2, 0) is 0 Å². The molecule has 0 spiro atoms. The molecule has 2 atom stereocenters. The maximum atomic E-state index is 4.88. The van der Waals surface area contributed by atoms with Gasteiger partial charge in [-0.15, -0.1) is 0 Å². The van der Waals surface area contributed by atoms with E-state index in [0.29, 0.717) is 16.9 Å². The van der Waals surface area contributed by atoms with Crippen molar-refractivity contribution in [3.63, 3.8) is 0 Å². The Kier molecular flexibility index (Phi) is 2.76. The van der Waals surface area contributed by atoms with E-state index in [1.165, 1.54) is 36.9 Å². The summed E-state index contributed by atoms with van der Waals surface area (Å²) in [5, 5.41) is 1.23. The highest BCUT2D eigenvalue weighted by atomic mass is 79.9. The highest BCUT2D eigenvalue weighted by Crippen LogP contribution is 2.41. The normalized spacial score (nSPS) is 29.9. The molecular formula is C16H17BrN2. The predicted octanol–water partition coefficient (Wildman–Crippen LogP) is 4.13. The van der Waals surface area contributed by atoms with Gasteiger partial charge in [0.25, 0.3) is 0 Å². The number of anilines is 1. The van der Waals surface area contributed by atoms with E-state index in [4.69, 9.17) is 4.98 Å². The average Bonchev–Trinajstić information content (AvgIpc) is 2.70. The number of piperidine rings is 1. The third kappa shape index (κ3) is 1.95. The van der Waals surface area contributed by atoms with Gasteiger partial charge in [-0.05, 0) is 43.9 Å². The Hall–Kier alpha value is -1.09. The fraction of sp³-hybridized carbons (Fsp3) is 0.438. The number of alkyl halides is 1. The van der Waals surface area contributed by atoms with Crippen LogP contribution in [0.15, 0.2) is 36.4 Å². The van der Waals surface area contributed by atoms with Gasteiger partial charge in [-0.25, -0.2) is 4.98 Å². The zero-order valence-electron chi connectivity index (χ0n) is 10.8. The Morgan fingerprint density at radius 2 is 1.74 bits per heavy atom. The Morgan fingerprint density at radius 1 is 1.00 bits per heavy atom. The molecule has 2 fully saturated rings. The van der Waals surface area contributed by atoms with Crippen molar-refractivity contribution in [2.45, 2.75) is 42.6 Å². The number of pyridine rings is 1. The van der Waals surface area contributed by atoms with Crippen LogP contribution in [-0.4, -0.2) is 21.9 Å². The van der Waals surface area contributed by atoms with Crippen LogP contribution in [0, 0.1) is 0 Å². The van der Waals surface area contributed by atoms with Gasteiger partial charge in [-0.3, -0.25) is 0 Å². The molecule has 98 valence electrons. The van der Waals surface area contributed by atoms with Gasteiger partial charge < -0.3 is 4.90 Å². The molecular weight excluding hydrogens is 300 g/mol. The van der Waals surface area contributed by atoms with Gasteiger partial charge in [0, 0.05) is 22.3 Å². The lowest BCUT2D eigenvalue weighted by atomic mass is 10.0. The first kappa shape index (κ1) is 11.7. The molecule has 3 heterocycles. The molecule has 0 saturated carbocycles. The molecule has 4 rings (SSSR count). The quantitative estimate of drug-likeness (QED) is 0.735. The van der Waals surface area contributed by atoms with E-state index >= 15 is 0 Å². The van der Waals surface area contributed by atoms with Gasteiger partial charge >= 0.3 is 0 Å². The predicted molar refractivity (Wildman–Crippen MR) is 83.0 cm³/mol. The van der Waals surface area contributed by atoms with Gasteiger partial charge in [0.15, 0.2) is 0 Å². The molecule has 2 aliphatic rings. The molecule has 2 aromatic rings. The maximum Gasteiger partial charge on any atom is 0.129 e. The second-order valence-electron chi connectivity index (χ2n) is 5.72. The third-order valence-electron chi connectivity index (χ3n) is 4.52. The number of nitrogens with zero attached hydrogens (tertiary/aromatic N) is 2. The Bertz CT molecular complexity index is 598. The summed E-state index contributed by atoms with van der Waals surface area (Å²) < 4.78 is 0. The molecule has 2 bridgehead atoms. The number of hydrogen-bond acceptors (Lipinski definition) is 2. The minimum absolute atomic E-state index is 0.678. The first-order valence-corrected chi connectivity index (χ1v) is 8.01. The smallest absolute Gasteiger partial charge is 0.129 e. The second kappa shape index (κ2) is 4.48. The Balaban J connectivity index is 1.74. The monoisotopic (exact) mass is 316 g/mol. The first-order valence-electron chi connectivity index (χ1n) is 7.09. The van der Waals surface area contributed by atoms with Crippen molar-refractivity contribution in [2.75, 3.05) is 4.90 Å². The van der Waals surface area contributed by atoms with Crippen LogP contribution in [0.4, 0.5) is 5.82 Å². The van der Waals surface area contributed by atoms with Crippen molar-refractivity contribution >= 4 is 32.7 Å². The molecule has 0 N–H and O–H groups in total. The van der Waals surface area contributed by atoms with E-state index in [1.807, 2.05) is 0 Å². The fourth-order valence-electron chi connectivity index (χ4n) is 3.68. The van der Waals surface area contributed by atoms with Crippen LogP contribution < -0.4 is 4.90 Å². The lowest BCUT2D eigenvalue weighted by Crippen LogP contribution is -2.43. The largest absolute Gasteiger partial charge is 0.351 e. The number of hydrogen-bond donors (Lipinski definition) is 0. The van der Waals surface area contributed by atoms with Crippen LogP contribution in [0.5, 0.6) is 0 Å². The standard InChI is InChI=1S/C16H17BrN2/c17-12-9-13-6-7-14(10-12)19(13)16-8-5-11-3-1-2-4-15(11)18-16/h1-5,8,12-14H,6-7,9-10H2. The highest BCUT2D eigenvalue weighted by molar-refractivity contribution is 9.09. The van der Waals surface area contributed by atoms with Gasteiger partial charge in [0.05, 0.1) is 5.52 Å². The Morgan fingerprint density at radius 3 is 2.53 bits per heavy atom. The number of rotatable bonds is 1. The minimum atomic E-state index is 0.678. The zero-order chi connectivity index (χ0) is 12.8. The van der Waals surface area contributed by atoms with Crippen molar-refractivity contribution < 1.29 is 0 Å². The van der Waals surface area contributed by atoms with Crippen LogP contribution in [0.25, 0.3) is 10.9 Å². The summed E-state index contributed by atoms with van der Waals surface area (Å²) in [5.41, 5.74) is 1.11. The molecule has 19 heavy (non-hydrogen) atoms. The lowest BCUT2D eigenvalue weighted by Gasteiger charge is -2.38. The number of fused-ring (bicyclic) bond motifs is 3. The third-order valence-corrected chi connectivity index (χ3v) is 5.27. The van der Waals surface area contributed by atoms with Crippen molar-refractivity contribution in [1.29, 1.82) is 0 Å². The van der Waals surface area contributed by atoms with E-state index in [9.17, 15) is 0 Å². The molecule has 1 aromatic carbocycles. The van der Waals surface area contributed by atoms with Crippen molar-refractivity contribution in [2.24, 2.45) is 0 Å². The van der Waals surface area contributed by atoms with Crippen molar-refractivity contribution in [3.8, 4) is 0 Å². The lowest BCUT2D eigenvalue weighted by molar-refractivity contribution is 0.480. The SMILES string of the molecule is BrC1CC2CCC(C1)N2c1ccc2ccccc2n1. The van der Waals surface area contributed by atoms with Crippen LogP contribution >= 0.6 is 15.9 Å². The van der Waals surface area contributed by atoms with Gasteiger partial charge in [0.1, 0.15) is 5.82 Å².